The minimum Gasteiger partial charge on any atom is -0.466 e. The van der Waals surface area contributed by atoms with Crippen LogP contribution in [0.5, 0.6) is 0 Å². The van der Waals surface area contributed by atoms with Crippen molar-refractivity contribution in [2.45, 2.75) is 77.4 Å². The number of rotatable bonds is 13. The average molecular weight is 706 g/mol. The molecule has 2 aromatic rings. The van der Waals surface area contributed by atoms with Gasteiger partial charge in [0, 0.05) is 37.8 Å². The third-order valence-corrected chi connectivity index (χ3v) is 9.27. The first-order chi connectivity index (χ1) is 21.7. The van der Waals surface area contributed by atoms with Crippen LogP contribution in [0.2, 0.25) is 0 Å². The van der Waals surface area contributed by atoms with Gasteiger partial charge in [-0.2, -0.15) is 39.5 Å². The average Bonchev–Trinajstić information content (AvgIpc) is 2.97. The molecule has 47 heavy (non-hydrogen) atoms. The lowest BCUT2D eigenvalue weighted by Crippen LogP contribution is -2.34. The normalized spacial score (nSPS) is 17.9. The lowest BCUT2D eigenvalue weighted by molar-refractivity contribution is -0.145. The van der Waals surface area contributed by atoms with Gasteiger partial charge >= 0.3 is 24.5 Å². The van der Waals surface area contributed by atoms with E-state index in [9.17, 15) is 52.7 Å². The molecule has 1 aliphatic rings. The summed E-state index contributed by atoms with van der Waals surface area (Å²) in [6.07, 6.45) is -11.8. The Balaban J connectivity index is 1.76. The number of carbonyl (C=O) groups excluding carboxylic acids is 1. The number of halogens is 9. The van der Waals surface area contributed by atoms with Crippen molar-refractivity contribution in [2.24, 2.45) is 11.8 Å². The number of esters is 1. The van der Waals surface area contributed by atoms with Gasteiger partial charge in [0.25, 0.3) is 0 Å². The molecular weight excluding hydrogens is 669 g/mol. The number of aromatic nitrogens is 1. The highest BCUT2D eigenvalue weighted by atomic mass is 32.2. The van der Waals surface area contributed by atoms with Crippen LogP contribution in [-0.2, 0) is 51.0 Å². The van der Waals surface area contributed by atoms with Crippen LogP contribution < -0.4 is 9.62 Å². The second-order valence-electron chi connectivity index (χ2n) is 11.4. The van der Waals surface area contributed by atoms with Crippen molar-refractivity contribution in [1.29, 1.82) is 0 Å². The Morgan fingerprint density at radius 3 is 1.94 bits per heavy atom. The fourth-order valence-corrected chi connectivity index (χ4v) is 6.52. The molecule has 1 saturated carbocycles. The Labute approximate surface area is 266 Å². The van der Waals surface area contributed by atoms with Crippen LogP contribution >= 0.6 is 0 Å². The molecule has 0 aliphatic heterocycles. The maximum Gasteiger partial charge on any atom is 0.417 e. The summed E-state index contributed by atoms with van der Waals surface area (Å²) in [6.45, 7) is 3.82. The first-order valence-electron chi connectivity index (χ1n) is 14.9. The van der Waals surface area contributed by atoms with Crippen molar-refractivity contribution >= 4 is 21.8 Å². The predicted octanol–water partition coefficient (Wildman–Crippen LogP) is 7.39. The molecule has 17 heteroatoms. The Morgan fingerprint density at radius 2 is 1.43 bits per heavy atom. The lowest BCUT2D eigenvalue weighted by Gasteiger charge is -2.33. The first kappa shape index (κ1) is 38.4. The summed E-state index contributed by atoms with van der Waals surface area (Å²) in [4.78, 5) is 17.6. The molecule has 0 spiro atoms. The van der Waals surface area contributed by atoms with E-state index in [2.05, 4.69) is 9.71 Å². The van der Waals surface area contributed by atoms with Gasteiger partial charge in [-0.05, 0) is 87.6 Å². The monoisotopic (exact) mass is 705 g/mol. The third-order valence-electron chi connectivity index (χ3n) is 7.95. The number of alkyl halides is 9. The van der Waals surface area contributed by atoms with Crippen LogP contribution in [0.1, 0.15) is 73.8 Å². The number of pyridine rings is 1. The summed E-state index contributed by atoms with van der Waals surface area (Å²) in [5.74, 6) is -0.820. The summed E-state index contributed by atoms with van der Waals surface area (Å²) >= 11 is 0. The van der Waals surface area contributed by atoms with Crippen molar-refractivity contribution in [2.75, 3.05) is 30.3 Å². The summed E-state index contributed by atoms with van der Waals surface area (Å²) in [7, 11) is -4.40. The topological polar surface area (TPSA) is 88.6 Å². The van der Waals surface area contributed by atoms with E-state index in [0.29, 0.717) is 37.8 Å². The molecular formula is C30H36F9N3O4S. The zero-order valence-electron chi connectivity index (χ0n) is 25.7. The Hall–Kier alpha value is -3.08. The lowest BCUT2D eigenvalue weighted by atomic mass is 9.80. The van der Waals surface area contributed by atoms with E-state index < -0.39 is 69.5 Å². The molecule has 0 unspecified atom stereocenters. The molecule has 1 N–H and O–H groups in total. The predicted molar refractivity (Wildman–Crippen MR) is 155 cm³/mol. The molecule has 7 nitrogen and oxygen atoms in total. The van der Waals surface area contributed by atoms with Gasteiger partial charge in [0.15, 0.2) is 0 Å². The standard InChI is InChI=1S/C30H36F9N3O4S/c1-3-42(18-20-7-5-19(6-8-20)13-26(43)46-4-2)27-22(14-25(17-40-27)30(37,38)39)16-41-47(44,45)10-9-21-11-23(28(31,32)33)15-24(12-21)29(34,35)36/h11-12,14-15,17,19-20,41H,3-10,13,16,18H2,1-2H3. The van der Waals surface area contributed by atoms with Gasteiger partial charge < -0.3 is 9.64 Å². The Kier molecular flexibility index (Phi) is 12.6. The van der Waals surface area contributed by atoms with Crippen LogP contribution in [0, 0.1) is 11.8 Å². The van der Waals surface area contributed by atoms with Gasteiger partial charge in [-0.1, -0.05) is 0 Å². The molecule has 1 aliphatic carbocycles. The number of anilines is 1. The van der Waals surface area contributed by atoms with Crippen LogP contribution in [0.15, 0.2) is 30.5 Å². The van der Waals surface area contributed by atoms with Gasteiger partial charge in [-0.15, -0.1) is 0 Å². The highest BCUT2D eigenvalue weighted by molar-refractivity contribution is 7.89. The fourth-order valence-electron chi connectivity index (χ4n) is 5.50. The van der Waals surface area contributed by atoms with E-state index in [1.807, 2.05) is 0 Å². The second kappa shape index (κ2) is 15.4. The second-order valence-corrected chi connectivity index (χ2v) is 13.4. The van der Waals surface area contributed by atoms with E-state index in [1.54, 1.807) is 18.7 Å². The van der Waals surface area contributed by atoms with E-state index in [4.69, 9.17) is 4.74 Å². The number of carbonyl (C=O) groups is 1. The minimum absolute atomic E-state index is 0.0763. The van der Waals surface area contributed by atoms with Gasteiger partial charge in [-0.25, -0.2) is 18.1 Å². The molecule has 0 amide bonds. The molecule has 1 fully saturated rings. The highest BCUT2D eigenvalue weighted by Crippen LogP contribution is 2.37. The van der Waals surface area contributed by atoms with Crippen LogP contribution in [0.4, 0.5) is 45.3 Å². The number of hydrogen-bond acceptors (Lipinski definition) is 6. The molecule has 0 atom stereocenters. The number of aryl methyl sites for hydroxylation is 1. The van der Waals surface area contributed by atoms with Crippen molar-refractivity contribution < 1.29 is 57.5 Å². The molecule has 264 valence electrons. The zero-order chi connectivity index (χ0) is 35.2. The number of ether oxygens (including phenoxy) is 1. The summed E-state index contributed by atoms with van der Waals surface area (Å²) in [5.41, 5.74) is -4.97. The summed E-state index contributed by atoms with van der Waals surface area (Å²) in [6, 6.07) is 1.52. The van der Waals surface area contributed by atoms with E-state index >= 15 is 0 Å². The molecule has 1 aromatic heterocycles. The Morgan fingerprint density at radius 1 is 0.872 bits per heavy atom. The minimum atomic E-state index is -5.12. The SMILES string of the molecule is CCOC(=O)CC1CCC(CN(CC)c2ncc(C(F)(F)F)cc2CNS(=O)(=O)CCc2cc(C(F)(F)F)cc(C(F)(F)F)c2)CC1. The van der Waals surface area contributed by atoms with Gasteiger partial charge in [0.1, 0.15) is 5.82 Å². The number of hydrogen-bond donors (Lipinski definition) is 1. The number of nitrogens with one attached hydrogen (secondary N) is 1. The van der Waals surface area contributed by atoms with Crippen LogP contribution in [0.25, 0.3) is 0 Å². The quantitative estimate of drug-likeness (QED) is 0.173. The third kappa shape index (κ3) is 11.5. The largest absolute Gasteiger partial charge is 0.466 e. The van der Waals surface area contributed by atoms with Crippen LogP contribution in [0.3, 0.4) is 0 Å². The smallest absolute Gasteiger partial charge is 0.417 e. The maximum absolute atomic E-state index is 13.6. The number of nitrogens with zero attached hydrogens (tertiary/aromatic N) is 2. The maximum atomic E-state index is 13.6. The van der Waals surface area contributed by atoms with Crippen molar-refractivity contribution in [3.63, 3.8) is 0 Å². The molecule has 1 heterocycles. The van der Waals surface area contributed by atoms with Crippen LogP contribution in [-0.4, -0.2) is 44.8 Å². The molecule has 0 bridgehead atoms. The summed E-state index contributed by atoms with van der Waals surface area (Å²) < 4.78 is 153. The first-order valence-corrected chi connectivity index (χ1v) is 16.6. The van der Waals surface area contributed by atoms with E-state index in [-0.39, 0.29) is 41.9 Å². The van der Waals surface area contributed by atoms with Crippen molar-refractivity contribution in [3.05, 3.63) is 58.3 Å². The fraction of sp³-hybridized carbons (Fsp3) is 0.600. The van der Waals surface area contributed by atoms with Crippen molar-refractivity contribution in [3.8, 4) is 0 Å². The van der Waals surface area contributed by atoms with E-state index in [1.165, 1.54) is 0 Å². The molecule has 0 saturated heterocycles. The zero-order valence-corrected chi connectivity index (χ0v) is 26.5. The summed E-state index contributed by atoms with van der Waals surface area (Å²) in [5, 5.41) is 0. The van der Waals surface area contributed by atoms with E-state index in [0.717, 1.165) is 31.7 Å². The van der Waals surface area contributed by atoms with Gasteiger partial charge in [0.2, 0.25) is 10.0 Å². The molecule has 0 radical (unpaired) electrons. The number of sulfonamides is 1. The van der Waals surface area contributed by atoms with Gasteiger partial charge in [-0.3, -0.25) is 4.79 Å². The molecule has 1 aromatic carbocycles. The molecule has 3 rings (SSSR count). The van der Waals surface area contributed by atoms with Gasteiger partial charge in [0.05, 0.1) is 29.1 Å². The highest BCUT2D eigenvalue weighted by Gasteiger charge is 2.37. The number of benzene rings is 1. The van der Waals surface area contributed by atoms with Crippen molar-refractivity contribution in [1.82, 2.24) is 9.71 Å². The Bertz CT molecular complexity index is 1440.